The topological polar surface area (TPSA) is 326 Å². The van der Waals surface area contributed by atoms with Gasteiger partial charge in [-0.05, 0) is 265 Å². The maximum absolute atomic E-state index is 14.2. The number of ether oxygens (including phenoxy) is 7. The van der Waals surface area contributed by atoms with Crippen LogP contribution in [0.5, 0.6) is 40.2 Å². The lowest BCUT2D eigenvalue weighted by Crippen LogP contribution is -2.10. The predicted octanol–water partition coefficient (Wildman–Crippen LogP) is 27.5. The monoisotopic (exact) mass is 2030 g/mol. The van der Waals surface area contributed by atoms with Gasteiger partial charge < -0.3 is 68.9 Å². The van der Waals surface area contributed by atoms with E-state index < -0.39 is 59.3 Å². The lowest BCUT2D eigenvalue weighted by atomic mass is 10.0. The van der Waals surface area contributed by atoms with E-state index in [1.54, 1.807) is 221 Å². The molecule has 7 N–H and O–H groups in total. The lowest BCUT2D eigenvalue weighted by molar-refractivity contribution is -0.139. The number of aromatic carboxylic acids is 7. The molecular weight excluding hydrogens is 1930 g/mol. The highest BCUT2D eigenvalue weighted by atomic mass is 79.9. The first-order chi connectivity index (χ1) is 67.7. The summed E-state index contributed by atoms with van der Waals surface area (Å²) in [5, 5.41) is 63.6. The molecule has 0 atom stereocenters. The Kier molecular flexibility index (Phi) is 41.4. The lowest BCUT2D eigenvalue weighted by Gasteiger charge is -2.15. The number of halogens is 9. The summed E-state index contributed by atoms with van der Waals surface area (Å²) in [5.74, 6) is -6.88. The van der Waals surface area contributed by atoms with Crippen LogP contribution in [0.1, 0.15) is 195 Å². The second-order valence-electron chi connectivity index (χ2n) is 32.8. The summed E-state index contributed by atoms with van der Waals surface area (Å²) in [4.78, 5) is 77.7. The number of aryl methyl sites for hydroxylation is 10. The average Bonchev–Trinajstić information content (AvgIpc) is 0.822. The standard InChI is InChI=1S/2C17H17FO3.C16H13F3O3.3C16H15FO3.C15H13BrO3/c1-10-8-15(12(3)16(18)11(10)2)21-9-13-6-4-5-7-14(13)17(19)20;1-10-8-11(2)16(15(18)12(10)3)21-9-13-6-4-5-7-14(13)17(19)20;1-10-6-7-14(13(8-10)16(17,18)19)22-9-11-4-2-3-5-12(11)15(20)21;1-10-7-11(2)15(8-14(10)17)20-9-12-5-3-4-6-13(12)16(18)19;1-10-7-11(2)15(14(17)8-10)20-9-12-5-3-4-6-13(12)16(18)19;1-10-7-8-14(11(2)15(10)17)20-9-12-5-3-4-6-13(12)16(18)19;1-10-6-7-14(13(16)8-10)19-9-11-4-2-3-5-12(11)15(17)18/h2*4-8H,9H2,1-3H3,(H,19,20);2-8H,9H2,1H3,(H,20,21);3*3-8H,9H2,1-2H3,(H,18,19);2-8H,9H2,1H3,(H,17,18). The minimum absolute atomic E-state index is 0.00294. The molecule has 14 aromatic carbocycles. The minimum atomic E-state index is -4.53. The number of hydrogen-bond acceptors (Lipinski definition) is 14. The van der Waals surface area contributed by atoms with Crippen molar-refractivity contribution in [2.24, 2.45) is 0 Å². The average molecular weight is 2030 g/mol. The molecule has 21 nitrogen and oxygen atoms in total. The van der Waals surface area contributed by atoms with Crippen molar-refractivity contribution in [3.05, 3.63) is 450 Å². The molecule has 0 aromatic heterocycles. The van der Waals surface area contributed by atoms with E-state index in [0.29, 0.717) is 112 Å². The zero-order valence-corrected chi connectivity index (χ0v) is 82.0. The maximum atomic E-state index is 14.2. The molecule has 30 heteroatoms. The molecule has 0 aliphatic heterocycles. The van der Waals surface area contributed by atoms with Gasteiger partial charge in [-0.3, -0.25) is 0 Å². The van der Waals surface area contributed by atoms with Gasteiger partial charge in [0.15, 0.2) is 23.1 Å². The van der Waals surface area contributed by atoms with Crippen LogP contribution < -0.4 is 33.2 Å². The van der Waals surface area contributed by atoms with Gasteiger partial charge in [-0.25, -0.2) is 55.5 Å². The molecule has 0 aliphatic rings. The van der Waals surface area contributed by atoms with E-state index in [-0.39, 0.29) is 126 Å². The van der Waals surface area contributed by atoms with Crippen LogP contribution in [0.2, 0.25) is 0 Å². The Bertz CT molecular complexity index is 6850. The molecule has 0 bridgehead atoms. The van der Waals surface area contributed by atoms with E-state index in [0.717, 1.165) is 38.4 Å². The fourth-order valence-electron chi connectivity index (χ4n) is 14.1. The summed E-state index contributed by atoms with van der Waals surface area (Å²) in [5.41, 5.74) is 13.4. The maximum Gasteiger partial charge on any atom is 0.419 e. The number of carboxylic acids is 7. The quantitative estimate of drug-likeness (QED) is 0.0224. The Morgan fingerprint density at radius 3 is 0.923 bits per heavy atom. The Balaban J connectivity index is 0.000000204. The molecule has 0 aliphatic carbocycles. The SMILES string of the molecule is Cc1cc(C)c(OCc2ccccc2C(=O)O)c(F)c1.Cc1cc(C)c(OCc2ccccc2C(=O)O)c(F)c1C.Cc1cc(C)c(OCc2ccccc2C(=O)O)cc1F.Cc1cc(OCc2ccccc2C(=O)O)c(C)c(F)c1C.Cc1ccc(OCc2ccccc2C(=O)O)c(Br)c1.Cc1ccc(OCc2ccccc2C(=O)O)c(C(F)(F)F)c1.Cc1ccc(OCc2ccccc2C(=O)O)c(C)c1F. The van der Waals surface area contributed by atoms with Crippen LogP contribution in [0.25, 0.3) is 0 Å². The number of carboxylic acid groups (broad SMARTS) is 7. The number of rotatable bonds is 28. The molecule has 0 amide bonds. The summed E-state index contributed by atoms with van der Waals surface area (Å²) in [6.45, 7) is 24.7. The second kappa shape index (κ2) is 52.8. The van der Waals surface area contributed by atoms with Crippen LogP contribution in [0.3, 0.4) is 0 Å². The van der Waals surface area contributed by atoms with Crippen molar-refractivity contribution in [3.8, 4) is 40.2 Å². The van der Waals surface area contributed by atoms with Gasteiger partial charge in [-0.15, -0.1) is 0 Å². The highest BCUT2D eigenvalue weighted by Crippen LogP contribution is 2.39. The van der Waals surface area contributed by atoms with Crippen molar-refractivity contribution in [2.45, 2.75) is 149 Å². The predicted molar refractivity (Wildman–Crippen MR) is 528 cm³/mol. The summed E-state index contributed by atoms with van der Waals surface area (Å²) in [6.07, 6.45) is -4.53. The van der Waals surface area contributed by atoms with Gasteiger partial charge in [-0.1, -0.05) is 163 Å². The van der Waals surface area contributed by atoms with E-state index in [2.05, 4.69) is 15.9 Å². The molecular formula is C113H105BrF8O21. The molecule has 14 rings (SSSR count). The molecule has 0 heterocycles. The number of benzene rings is 14. The van der Waals surface area contributed by atoms with Gasteiger partial charge in [0.1, 0.15) is 92.4 Å². The van der Waals surface area contributed by atoms with Gasteiger partial charge in [-0.2, -0.15) is 13.2 Å². The van der Waals surface area contributed by atoms with Crippen molar-refractivity contribution in [1.82, 2.24) is 0 Å². The third-order valence-electron chi connectivity index (χ3n) is 22.2. The normalized spacial score (nSPS) is 10.5. The van der Waals surface area contributed by atoms with E-state index in [9.17, 15) is 68.7 Å². The fraction of sp³-hybridized carbons (Fsp3) is 0.195. The van der Waals surface area contributed by atoms with Crippen LogP contribution in [-0.4, -0.2) is 77.5 Å². The zero-order valence-electron chi connectivity index (χ0n) is 80.4. The number of hydrogen-bond donors (Lipinski definition) is 7. The summed E-state index contributed by atoms with van der Waals surface area (Å²) < 4.78 is 148. The largest absolute Gasteiger partial charge is 0.488 e. The Labute approximate surface area is 829 Å². The van der Waals surface area contributed by atoms with Crippen LogP contribution >= 0.6 is 15.9 Å². The first-order valence-electron chi connectivity index (χ1n) is 44.0. The van der Waals surface area contributed by atoms with Crippen LogP contribution in [0.4, 0.5) is 35.1 Å². The van der Waals surface area contributed by atoms with E-state index in [1.807, 2.05) is 58.0 Å². The first kappa shape index (κ1) is 112. The fourth-order valence-corrected chi connectivity index (χ4v) is 14.7. The van der Waals surface area contributed by atoms with Crippen LogP contribution in [0.15, 0.2) is 259 Å². The molecule has 0 radical (unpaired) electrons. The highest BCUT2D eigenvalue weighted by molar-refractivity contribution is 9.10. The molecule has 0 spiro atoms. The molecule has 0 unspecified atom stereocenters. The van der Waals surface area contributed by atoms with Gasteiger partial charge in [0.25, 0.3) is 0 Å². The van der Waals surface area contributed by atoms with E-state index in [4.69, 9.17) is 68.9 Å². The van der Waals surface area contributed by atoms with Gasteiger partial charge in [0.2, 0.25) is 0 Å². The third kappa shape index (κ3) is 32.2. The number of carbonyl (C=O) groups is 7. The van der Waals surface area contributed by atoms with Crippen LogP contribution in [0, 0.1) is 126 Å². The Hall–Kier alpha value is -16.1. The second-order valence-corrected chi connectivity index (χ2v) is 33.7. The minimum Gasteiger partial charge on any atom is -0.488 e. The molecule has 143 heavy (non-hydrogen) atoms. The van der Waals surface area contributed by atoms with Crippen molar-refractivity contribution in [1.29, 1.82) is 0 Å². The first-order valence-corrected chi connectivity index (χ1v) is 44.8. The summed E-state index contributed by atoms with van der Waals surface area (Å²) in [7, 11) is 0. The molecule has 14 aromatic rings. The molecule has 0 saturated heterocycles. The summed E-state index contributed by atoms with van der Waals surface area (Å²) in [6, 6.07) is 68.5. The smallest absolute Gasteiger partial charge is 0.419 e. The van der Waals surface area contributed by atoms with Gasteiger partial charge in [0, 0.05) is 56.1 Å². The van der Waals surface area contributed by atoms with Crippen molar-refractivity contribution in [3.63, 3.8) is 0 Å². The van der Waals surface area contributed by atoms with Crippen molar-refractivity contribution < 1.29 is 138 Å². The highest BCUT2D eigenvalue weighted by Gasteiger charge is 2.35. The zero-order chi connectivity index (χ0) is 105. The third-order valence-corrected chi connectivity index (χ3v) is 22.8. The Morgan fingerprint density at radius 1 is 0.245 bits per heavy atom. The van der Waals surface area contributed by atoms with E-state index >= 15 is 0 Å². The molecule has 0 fully saturated rings. The van der Waals surface area contributed by atoms with E-state index in [1.165, 1.54) is 66.7 Å². The molecule has 0 saturated carbocycles. The molecule has 746 valence electrons. The Morgan fingerprint density at radius 2 is 0.545 bits per heavy atom. The van der Waals surface area contributed by atoms with Crippen molar-refractivity contribution in [2.75, 3.05) is 0 Å². The summed E-state index contributed by atoms with van der Waals surface area (Å²) >= 11 is 3.43. The van der Waals surface area contributed by atoms with Gasteiger partial charge in [0.05, 0.1) is 49.0 Å². The van der Waals surface area contributed by atoms with Crippen molar-refractivity contribution >= 4 is 57.7 Å². The van der Waals surface area contributed by atoms with Gasteiger partial charge >= 0.3 is 48.0 Å². The number of alkyl halides is 3. The van der Waals surface area contributed by atoms with Crippen LogP contribution in [-0.2, 0) is 52.4 Å².